The van der Waals surface area contributed by atoms with Crippen molar-refractivity contribution in [3.63, 3.8) is 0 Å². The number of benzene rings is 1. The van der Waals surface area contributed by atoms with Crippen molar-refractivity contribution in [3.8, 4) is 0 Å². The van der Waals surface area contributed by atoms with Gasteiger partial charge < -0.3 is 0 Å². The fourth-order valence-electron chi connectivity index (χ4n) is 0.855. The van der Waals surface area contributed by atoms with Crippen LogP contribution in [0.2, 0.25) is 5.02 Å². The maximum atomic E-state index is 12.3. The molecule has 0 saturated carbocycles. The first-order chi connectivity index (χ1) is 4.83. The van der Waals surface area contributed by atoms with E-state index in [9.17, 15) is 4.39 Å². The van der Waals surface area contributed by atoms with Gasteiger partial charge in [0.2, 0.25) is 0 Å². The van der Waals surface area contributed by atoms with Gasteiger partial charge in [0.05, 0.1) is 0 Å². The summed E-state index contributed by atoms with van der Waals surface area (Å²) in [6.07, 6.45) is 1.10. The first-order valence-corrected chi connectivity index (χ1v) is 5.46. The maximum absolute atomic E-state index is 12.3. The normalized spacial score (nSPS) is 9.00. The van der Waals surface area contributed by atoms with Gasteiger partial charge in [-0.3, -0.25) is 0 Å². The molecule has 0 fully saturated rings. The van der Waals surface area contributed by atoms with Gasteiger partial charge in [-0.25, -0.2) is 0 Å². The fraction of sp³-hybridized carbons (Fsp3) is 0.250. The Morgan fingerprint density at radius 2 is 1.73 bits per heavy atom. The molecule has 0 bridgehead atoms. The molecule has 57 valence electrons. The second kappa shape index (κ2) is 5.85. The first-order valence-electron chi connectivity index (χ1n) is 3.36. The molecule has 0 unspecified atom stereocenters. The predicted octanol–water partition coefficient (Wildman–Crippen LogP) is 2.91. The second-order valence-electron chi connectivity index (χ2n) is 2.23. The van der Waals surface area contributed by atoms with Crippen LogP contribution in [0, 0.1) is 5.82 Å². The quantitative estimate of drug-likeness (QED) is 0.724. The molecule has 0 aliphatic rings. The van der Waals surface area contributed by atoms with Gasteiger partial charge in [0.1, 0.15) is 0 Å². The molecule has 0 aliphatic heterocycles. The topological polar surface area (TPSA) is 0 Å². The molecule has 0 aromatic heterocycles. The van der Waals surface area contributed by atoms with E-state index in [4.69, 9.17) is 0 Å². The third-order valence-corrected chi connectivity index (χ3v) is 2.12. The molecule has 0 nitrogen and oxygen atoms in total. The van der Waals surface area contributed by atoms with Crippen LogP contribution in [-0.2, 0) is 24.7 Å². The van der Waals surface area contributed by atoms with Gasteiger partial charge in [-0.05, 0) is 0 Å². The number of aryl methyl sites for hydroxylation is 1. The van der Waals surface area contributed by atoms with Gasteiger partial charge in [-0.1, -0.05) is 0 Å². The van der Waals surface area contributed by atoms with Gasteiger partial charge in [0, 0.05) is 0 Å². The zero-order valence-electron chi connectivity index (χ0n) is 6.22. The van der Waals surface area contributed by atoms with Crippen LogP contribution in [0.4, 0.5) is 4.39 Å². The zero-order chi connectivity index (χ0) is 7.40. The van der Waals surface area contributed by atoms with Crippen molar-refractivity contribution >= 4 is 17.0 Å². The van der Waals surface area contributed by atoms with Crippen LogP contribution < -0.4 is 0 Å². The Hall–Kier alpha value is 0.253. The van der Waals surface area contributed by atoms with Crippen molar-refractivity contribution in [2.24, 2.45) is 0 Å². The van der Waals surface area contributed by atoms with Gasteiger partial charge in [0.15, 0.2) is 0 Å². The number of halogens is 2. The first kappa shape index (κ1) is 11.3. The molecule has 3 heteroatoms. The molecule has 11 heavy (non-hydrogen) atoms. The van der Waals surface area contributed by atoms with Crippen molar-refractivity contribution in [3.05, 3.63) is 35.6 Å². The molecule has 1 rings (SSSR count). The molecule has 1 aromatic rings. The summed E-state index contributed by atoms with van der Waals surface area (Å²) >= 11 is 1.32. The minimum atomic E-state index is -0.143. The van der Waals surface area contributed by atoms with Crippen molar-refractivity contribution in [1.82, 2.24) is 0 Å². The molecule has 1 aromatic carbocycles. The van der Waals surface area contributed by atoms with Gasteiger partial charge in [-0.2, -0.15) is 0 Å². The van der Waals surface area contributed by atoms with E-state index in [0.717, 1.165) is 6.42 Å². The van der Waals surface area contributed by atoms with Crippen molar-refractivity contribution < 1.29 is 22.7 Å². The van der Waals surface area contributed by atoms with Gasteiger partial charge in [0.25, 0.3) is 0 Å². The molecule has 0 radical (unpaired) electrons. The third-order valence-electron chi connectivity index (χ3n) is 1.38. The summed E-state index contributed by atoms with van der Waals surface area (Å²) in [6.45, 7) is 0. The summed E-state index contributed by atoms with van der Waals surface area (Å²) in [6, 6.07) is 6.74. The SMILES string of the molecule is Br.Fc1ccc(C[CH2][Zn])cc1. The summed E-state index contributed by atoms with van der Waals surface area (Å²) in [5.41, 5.74) is 1.24. The average Bonchev–Trinajstić information content (AvgIpc) is 1.95. The van der Waals surface area contributed by atoms with E-state index in [1.807, 2.05) is 12.1 Å². The Morgan fingerprint density at radius 1 is 1.18 bits per heavy atom. The van der Waals surface area contributed by atoms with Crippen LogP contribution in [0.15, 0.2) is 24.3 Å². The van der Waals surface area contributed by atoms with Crippen molar-refractivity contribution in [2.75, 3.05) is 0 Å². The summed E-state index contributed by atoms with van der Waals surface area (Å²) in [5, 5.41) is 1.24. The molecule has 0 heterocycles. The van der Waals surface area contributed by atoms with E-state index < -0.39 is 0 Å². The summed E-state index contributed by atoms with van der Waals surface area (Å²) in [7, 11) is 0. The third kappa shape index (κ3) is 3.98. The van der Waals surface area contributed by atoms with E-state index in [1.165, 1.54) is 41.0 Å². The molecule has 0 atom stereocenters. The van der Waals surface area contributed by atoms with Crippen LogP contribution in [0.1, 0.15) is 5.56 Å². The van der Waals surface area contributed by atoms with Crippen LogP contribution in [0.5, 0.6) is 0 Å². The number of rotatable bonds is 2. The monoisotopic (exact) mass is 267 g/mol. The van der Waals surface area contributed by atoms with E-state index in [-0.39, 0.29) is 22.8 Å². The Bertz CT molecular complexity index is 198. The number of hydrogen-bond donors (Lipinski definition) is 0. The van der Waals surface area contributed by atoms with Gasteiger partial charge >= 0.3 is 69.8 Å². The van der Waals surface area contributed by atoms with Crippen LogP contribution >= 0.6 is 17.0 Å². The standard InChI is InChI=1S/C8H8F.BrH.Zn/c1-2-7-3-5-8(9)6-4-7;;/h3-6H,1-2H2;1H;. The van der Waals surface area contributed by atoms with Crippen LogP contribution in [0.25, 0.3) is 0 Å². The van der Waals surface area contributed by atoms with E-state index >= 15 is 0 Å². The number of hydrogen-bond acceptors (Lipinski definition) is 0. The van der Waals surface area contributed by atoms with Gasteiger partial charge in [-0.15, -0.1) is 17.0 Å². The second-order valence-corrected chi connectivity index (χ2v) is 3.71. The fourth-order valence-corrected chi connectivity index (χ4v) is 1.71. The van der Waals surface area contributed by atoms with Crippen molar-refractivity contribution in [2.45, 2.75) is 11.4 Å². The Morgan fingerprint density at radius 3 is 2.18 bits per heavy atom. The molecular weight excluding hydrogens is 260 g/mol. The Kier molecular flexibility index (Phi) is 5.98. The zero-order valence-corrected chi connectivity index (χ0v) is 10.9. The Balaban J connectivity index is 0.000001000. The molecule has 0 spiro atoms. The molecule has 0 N–H and O–H groups in total. The van der Waals surface area contributed by atoms with E-state index in [2.05, 4.69) is 0 Å². The summed E-state index contributed by atoms with van der Waals surface area (Å²) < 4.78 is 12.3. The summed E-state index contributed by atoms with van der Waals surface area (Å²) in [5.74, 6) is -0.143. The van der Waals surface area contributed by atoms with E-state index in [1.54, 1.807) is 0 Å². The van der Waals surface area contributed by atoms with Crippen LogP contribution in [-0.4, -0.2) is 0 Å². The van der Waals surface area contributed by atoms with Crippen molar-refractivity contribution in [1.29, 1.82) is 0 Å². The Labute approximate surface area is 86.6 Å². The summed E-state index contributed by atoms with van der Waals surface area (Å²) in [4.78, 5) is 0. The molecule has 0 amide bonds. The molecular formula is C8H9BrFZn. The minimum absolute atomic E-state index is 0. The van der Waals surface area contributed by atoms with E-state index in [0.29, 0.717) is 0 Å². The molecule has 0 saturated heterocycles. The predicted molar refractivity (Wildman–Crippen MR) is 45.2 cm³/mol. The molecule has 0 aliphatic carbocycles. The average molecular weight is 269 g/mol. The van der Waals surface area contributed by atoms with Crippen LogP contribution in [0.3, 0.4) is 0 Å².